The third-order valence-electron chi connectivity index (χ3n) is 6.94. The molecular weight excluding hydrogens is 508 g/mol. The van der Waals surface area contributed by atoms with E-state index in [1.165, 1.54) is 17.0 Å². The van der Waals surface area contributed by atoms with Crippen molar-refractivity contribution in [3.05, 3.63) is 29.8 Å². The summed E-state index contributed by atoms with van der Waals surface area (Å²) in [6.07, 6.45) is 4.50. The number of aliphatic hydroxyl groups excluding tert-OH is 2. The topological polar surface area (TPSA) is 203 Å². The highest BCUT2D eigenvalue weighted by Crippen LogP contribution is 2.20. The Morgan fingerprint density at radius 1 is 1.05 bits per heavy atom. The molecule has 1 aliphatic heterocycles. The number of hydrogen-bond donors (Lipinski definition) is 7. The van der Waals surface area contributed by atoms with E-state index < -0.39 is 60.6 Å². The van der Waals surface area contributed by atoms with Gasteiger partial charge in [0.05, 0.1) is 6.61 Å². The van der Waals surface area contributed by atoms with E-state index in [1.54, 1.807) is 12.1 Å². The van der Waals surface area contributed by atoms with Crippen LogP contribution in [0.4, 0.5) is 0 Å². The van der Waals surface area contributed by atoms with Crippen molar-refractivity contribution in [2.45, 2.75) is 95.0 Å². The number of amides is 3. The van der Waals surface area contributed by atoms with E-state index in [-0.39, 0.29) is 25.1 Å². The summed E-state index contributed by atoms with van der Waals surface area (Å²) in [4.78, 5) is 51.7. The third-order valence-corrected chi connectivity index (χ3v) is 6.94. The molecule has 12 heteroatoms. The molecule has 1 fully saturated rings. The Morgan fingerprint density at radius 3 is 2.33 bits per heavy atom. The Labute approximate surface area is 228 Å². The SMILES string of the molecule is CCCCCCC[C@H](N)[C@H](O)C(=O)N[C@H](CO)C(=O)N1CCC[C@@H]1C(=O)N[C@H](Cc1ccc(O)cc1)C(=O)O. The van der Waals surface area contributed by atoms with Gasteiger partial charge < -0.3 is 41.7 Å². The summed E-state index contributed by atoms with van der Waals surface area (Å²) in [5.74, 6) is -3.50. The maximum absolute atomic E-state index is 13.2. The molecule has 8 N–H and O–H groups in total. The van der Waals surface area contributed by atoms with Crippen LogP contribution in [0.25, 0.3) is 0 Å². The Hall–Kier alpha value is -3.22. The van der Waals surface area contributed by atoms with E-state index in [4.69, 9.17) is 5.73 Å². The van der Waals surface area contributed by atoms with E-state index in [0.29, 0.717) is 18.4 Å². The molecule has 39 heavy (non-hydrogen) atoms. The van der Waals surface area contributed by atoms with Gasteiger partial charge >= 0.3 is 5.97 Å². The Morgan fingerprint density at radius 2 is 1.72 bits per heavy atom. The number of phenols is 1. The number of unbranched alkanes of at least 4 members (excludes halogenated alkanes) is 4. The van der Waals surface area contributed by atoms with Crippen molar-refractivity contribution < 1.29 is 39.6 Å². The van der Waals surface area contributed by atoms with Gasteiger partial charge in [-0.3, -0.25) is 14.4 Å². The van der Waals surface area contributed by atoms with E-state index >= 15 is 0 Å². The van der Waals surface area contributed by atoms with Crippen LogP contribution in [0.15, 0.2) is 24.3 Å². The fourth-order valence-corrected chi connectivity index (χ4v) is 4.62. The number of carboxylic acid groups (broad SMARTS) is 1. The lowest BCUT2D eigenvalue weighted by Crippen LogP contribution is -2.58. The normalized spacial score (nSPS) is 18.2. The highest BCUT2D eigenvalue weighted by molar-refractivity contribution is 5.94. The molecule has 12 nitrogen and oxygen atoms in total. The zero-order valence-corrected chi connectivity index (χ0v) is 22.4. The molecule has 1 aliphatic rings. The number of rotatable bonds is 16. The van der Waals surface area contributed by atoms with E-state index in [9.17, 15) is 39.6 Å². The minimum atomic E-state index is -1.56. The first-order valence-corrected chi connectivity index (χ1v) is 13.5. The van der Waals surface area contributed by atoms with Crippen LogP contribution in [0.5, 0.6) is 5.75 Å². The minimum absolute atomic E-state index is 0.0252. The number of carbonyl (C=O) groups excluding carboxylic acids is 3. The molecule has 0 radical (unpaired) electrons. The number of aromatic hydroxyl groups is 1. The molecule has 0 bridgehead atoms. The zero-order valence-electron chi connectivity index (χ0n) is 22.4. The Balaban J connectivity index is 1.97. The molecule has 0 saturated carbocycles. The molecule has 0 aromatic heterocycles. The number of hydrogen-bond acceptors (Lipinski definition) is 8. The van der Waals surface area contributed by atoms with Gasteiger partial charge in [-0.05, 0) is 37.0 Å². The number of aliphatic hydroxyl groups is 2. The number of carboxylic acids is 1. The van der Waals surface area contributed by atoms with Crippen molar-refractivity contribution in [1.82, 2.24) is 15.5 Å². The average molecular weight is 551 g/mol. The maximum atomic E-state index is 13.2. The van der Waals surface area contributed by atoms with Crippen LogP contribution in [0, 0.1) is 0 Å². The summed E-state index contributed by atoms with van der Waals surface area (Å²) in [5.41, 5.74) is 6.55. The van der Waals surface area contributed by atoms with Gasteiger partial charge in [-0.25, -0.2) is 4.79 Å². The summed E-state index contributed by atoms with van der Waals surface area (Å²) < 4.78 is 0. The van der Waals surface area contributed by atoms with Gasteiger partial charge in [0.25, 0.3) is 5.91 Å². The second kappa shape index (κ2) is 16.0. The lowest BCUT2D eigenvalue weighted by molar-refractivity contribution is -0.146. The van der Waals surface area contributed by atoms with Gasteiger partial charge in [-0.2, -0.15) is 0 Å². The van der Waals surface area contributed by atoms with Crippen LogP contribution in [-0.4, -0.2) is 92.4 Å². The van der Waals surface area contributed by atoms with Crippen molar-refractivity contribution >= 4 is 23.7 Å². The van der Waals surface area contributed by atoms with Gasteiger partial charge in [0, 0.05) is 19.0 Å². The maximum Gasteiger partial charge on any atom is 0.326 e. The van der Waals surface area contributed by atoms with Crippen molar-refractivity contribution in [3.8, 4) is 5.75 Å². The third kappa shape index (κ3) is 9.79. The van der Waals surface area contributed by atoms with Crippen LogP contribution in [-0.2, 0) is 25.6 Å². The predicted molar refractivity (Wildman–Crippen MR) is 142 cm³/mol. The molecule has 5 atom stereocenters. The molecule has 2 rings (SSSR count). The van der Waals surface area contributed by atoms with Gasteiger partial charge in [-0.15, -0.1) is 0 Å². The number of benzene rings is 1. The van der Waals surface area contributed by atoms with Crippen molar-refractivity contribution in [2.75, 3.05) is 13.2 Å². The molecule has 1 aromatic rings. The molecule has 1 aromatic carbocycles. The number of likely N-dealkylation sites (tertiary alicyclic amines) is 1. The first-order chi connectivity index (χ1) is 18.6. The smallest absolute Gasteiger partial charge is 0.326 e. The standard InChI is InChI=1S/C27H42N4O8/c1-2-3-4-5-6-8-19(28)23(34)25(36)30-21(16-32)26(37)31-14-7-9-22(31)24(35)29-20(27(38)39)15-17-10-12-18(33)13-11-17/h10-13,19-23,32-34H,2-9,14-16,28H2,1H3,(H,29,35)(H,30,36)(H,38,39)/t19-,20+,21+,22+,23-/m0/s1. The molecule has 0 unspecified atom stereocenters. The van der Waals surface area contributed by atoms with Gasteiger partial charge in [-0.1, -0.05) is 51.2 Å². The zero-order chi connectivity index (χ0) is 28.9. The molecule has 0 aliphatic carbocycles. The second-order valence-electron chi connectivity index (χ2n) is 10.0. The first kappa shape index (κ1) is 32.0. The molecule has 0 spiro atoms. The van der Waals surface area contributed by atoms with Gasteiger partial charge in [0.2, 0.25) is 11.8 Å². The van der Waals surface area contributed by atoms with Gasteiger partial charge in [0.15, 0.2) is 0 Å². The fourth-order valence-electron chi connectivity index (χ4n) is 4.62. The fraction of sp³-hybridized carbons (Fsp3) is 0.630. The number of phenolic OH excluding ortho intramolecular Hbond substituents is 1. The molecule has 1 saturated heterocycles. The highest BCUT2D eigenvalue weighted by atomic mass is 16.4. The Kier molecular flexibility index (Phi) is 13.1. The molecule has 218 valence electrons. The summed E-state index contributed by atoms with van der Waals surface area (Å²) >= 11 is 0. The summed E-state index contributed by atoms with van der Waals surface area (Å²) in [6.45, 7) is 1.52. The van der Waals surface area contributed by atoms with Crippen molar-refractivity contribution in [3.63, 3.8) is 0 Å². The summed E-state index contributed by atoms with van der Waals surface area (Å²) in [7, 11) is 0. The number of nitrogens with zero attached hydrogens (tertiary/aromatic N) is 1. The average Bonchev–Trinajstić information content (AvgIpc) is 3.41. The van der Waals surface area contributed by atoms with Crippen LogP contribution in [0.1, 0.15) is 63.9 Å². The monoisotopic (exact) mass is 550 g/mol. The summed E-state index contributed by atoms with van der Waals surface area (Å²) in [5, 5.41) is 44.0. The number of carbonyl (C=O) groups is 4. The van der Waals surface area contributed by atoms with Crippen LogP contribution in [0.3, 0.4) is 0 Å². The van der Waals surface area contributed by atoms with Crippen molar-refractivity contribution in [1.29, 1.82) is 0 Å². The Bertz CT molecular complexity index is 958. The van der Waals surface area contributed by atoms with E-state index in [2.05, 4.69) is 17.6 Å². The number of nitrogens with two attached hydrogens (primary N) is 1. The predicted octanol–water partition coefficient (Wildman–Crippen LogP) is 0.0209. The van der Waals surface area contributed by atoms with Crippen LogP contribution in [0.2, 0.25) is 0 Å². The number of aliphatic carboxylic acids is 1. The van der Waals surface area contributed by atoms with E-state index in [0.717, 1.165) is 32.1 Å². The number of nitrogens with one attached hydrogen (secondary N) is 2. The highest BCUT2D eigenvalue weighted by Gasteiger charge is 2.39. The van der Waals surface area contributed by atoms with E-state index in [1.807, 2.05) is 0 Å². The van der Waals surface area contributed by atoms with Crippen LogP contribution < -0.4 is 16.4 Å². The first-order valence-electron chi connectivity index (χ1n) is 13.5. The minimum Gasteiger partial charge on any atom is -0.508 e. The van der Waals surface area contributed by atoms with Gasteiger partial charge in [0.1, 0.15) is 30.0 Å². The van der Waals surface area contributed by atoms with Crippen molar-refractivity contribution in [2.24, 2.45) is 5.73 Å². The molecule has 1 heterocycles. The molecule has 3 amide bonds. The largest absolute Gasteiger partial charge is 0.508 e. The molecular formula is C27H42N4O8. The summed E-state index contributed by atoms with van der Waals surface area (Å²) in [6, 6.07) is 1.43. The lowest BCUT2D eigenvalue weighted by atomic mass is 10.0. The lowest BCUT2D eigenvalue weighted by Gasteiger charge is -2.29. The van der Waals surface area contributed by atoms with Crippen LogP contribution >= 0.6 is 0 Å². The second-order valence-corrected chi connectivity index (χ2v) is 10.0. The quantitative estimate of drug-likeness (QED) is 0.138.